The first-order valence-electron chi connectivity index (χ1n) is 3.25. The predicted molar refractivity (Wildman–Crippen MR) is 43.0 cm³/mol. The first-order chi connectivity index (χ1) is 4.78. The molecule has 0 fully saturated rings. The van der Waals surface area contributed by atoms with Crippen LogP contribution in [0.3, 0.4) is 0 Å². The second-order valence-corrected chi connectivity index (χ2v) is 4.96. The molecule has 0 saturated heterocycles. The summed E-state index contributed by atoms with van der Waals surface area (Å²) in [5, 5.41) is 1.10. The molecule has 5 heteroatoms. The van der Waals surface area contributed by atoms with Crippen LogP contribution >= 0.6 is 0 Å². The average molecular weight is 176 g/mol. The highest BCUT2D eigenvalue weighted by Gasteiger charge is 2.40. The van der Waals surface area contributed by atoms with E-state index >= 15 is 0 Å². The number of rotatable bonds is 0. The van der Waals surface area contributed by atoms with Crippen molar-refractivity contribution < 1.29 is 8.42 Å². The Hall–Kier alpha value is -0.550. The van der Waals surface area contributed by atoms with Crippen molar-refractivity contribution in [3.05, 3.63) is 11.1 Å². The fourth-order valence-corrected chi connectivity index (χ4v) is 2.39. The van der Waals surface area contributed by atoms with Gasteiger partial charge in [-0.3, -0.25) is 0 Å². The summed E-state index contributed by atoms with van der Waals surface area (Å²) < 4.78 is 23.6. The molecule has 0 radical (unpaired) electrons. The molecule has 0 atom stereocenters. The van der Waals surface area contributed by atoms with Crippen molar-refractivity contribution in [2.45, 2.75) is 19.4 Å². The lowest BCUT2D eigenvalue weighted by molar-refractivity contribution is 0.325. The lowest BCUT2D eigenvalue weighted by Crippen LogP contribution is -2.41. The minimum Gasteiger partial charge on any atom is -0.400 e. The Kier molecular flexibility index (Phi) is 1.54. The Morgan fingerprint density at radius 2 is 2.00 bits per heavy atom. The van der Waals surface area contributed by atoms with Crippen LogP contribution in [0.5, 0.6) is 0 Å². The van der Waals surface area contributed by atoms with E-state index in [2.05, 4.69) is 0 Å². The van der Waals surface area contributed by atoms with Crippen LogP contribution in [-0.2, 0) is 10.0 Å². The summed E-state index contributed by atoms with van der Waals surface area (Å²) in [5.41, 5.74) is 5.34. The molecule has 1 heterocycles. The average Bonchev–Trinajstić information content (AvgIpc) is 1.94. The van der Waals surface area contributed by atoms with Gasteiger partial charge in [-0.2, -0.15) is 4.31 Å². The topological polar surface area (TPSA) is 63.4 Å². The second-order valence-electron chi connectivity index (χ2n) is 3.14. The molecule has 2 N–H and O–H groups in total. The van der Waals surface area contributed by atoms with Crippen molar-refractivity contribution in [1.29, 1.82) is 0 Å². The van der Waals surface area contributed by atoms with Gasteiger partial charge in [0, 0.05) is 12.7 Å². The van der Waals surface area contributed by atoms with Gasteiger partial charge in [0.2, 0.25) is 10.0 Å². The molecule has 0 aromatic rings. The first-order valence-corrected chi connectivity index (χ1v) is 4.75. The van der Waals surface area contributed by atoms with Gasteiger partial charge < -0.3 is 5.73 Å². The van der Waals surface area contributed by atoms with E-state index < -0.39 is 15.6 Å². The van der Waals surface area contributed by atoms with Crippen molar-refractivity contribution in [3.8, 4) is 0 Å². The van der Waals surface area contributed by atoms with Gasteiger partial charge in [0.1, 0.15) is 0 Å². The molecule has 64 valence electrons. The SMILES string of the molecule is CN1C(C)(C)C(N)=CS1(=O)=O. The quantitative estimate of drug-likeness (QED) is 0.558. The van der Waals surface area contributed by atoms with Gasteiger partial charge in [0.15, 0.2) is 0 Å². The highest BCUT2D eigenvalue weighted by atomic mass is 32.2. The van der Waals surface area contributed by atoms with E-state index in [1.165, 1.54) is 11.4 Å². The monoisotopic (exact) mass is 176 g/mol. The second kappa shape index (κ2) is 1.98. The van der Waals surface area contributed by atoms with Crippen LogP contribution < -0.4 is 5.73 Å². The van der Waals surface area contributed by atoms with Crippen molar-refractivity contribution in [3.63, 3.8) is 0 Å². The third-order valence-corrected chi connectivity index (χ3v) is 3.92. The molecule has 4 nitrogen and oxygen atoms in total. The number of likely N-dealkylation sites (N-methyl/N-ethyl adjacent to an activating group) is 1. The summed E-state index contributed by atoms with van der Waals surface area (Å²) >= 11 is 0. The lowest BCUT2D eigenvalue weighted by atomic mass is 10.0. The Morgan fingerprint density at radius 3 is 2.09 bits per heavy atom. The van der Waals surface area contributed by atoms with Crippen LogP contribution in [0, 0.1) is 0 Å². The molecule has 0 aromatic carbocycles. The Labute approximate surface area is 66.7 Å². The van der Waals surface area contributed by atoms with Crippen molar-refractivity contribution >= 4 is 10.0 Å². The first kappa shape index (κ1) is 8.55. The highest BCUT2D eigenvalue weighted by molar-refractivity contribution is 7.92. The van der Waals surface area contributed by atoms with E-state index in [-0.39, 0.29) is 0 Å². The number of nitrogens with zero attached hydrogens (tertiary/aromatic N) is 1. The van der Waals surface area contributed by atoms with Crippen molar-refractivity contribution in [2.75, 3.05) is 7.05 Å². The van der Waals surface area contributed by atoms with E-state index in [1.54, 1.807) is 13.8 Å². The smallest absolute Gasteiger partial charge is 0.238 e. The summed E-state index contributed by atoms with van der Waals surface area (Å²) in [5.74, 6) is 0. The zero-order valence-electron chi connectivity index (χ0n) is 6.83. The van der Waals surface area contributed by atoms with E-state index in [4.69, 9.17) is 5.73 Å². The Bertz CT molecular complexity index is 303. The zero-order valence-corrected chi connectivity index (χ0v) is 7.64. The Balaban J connectivity index is 3.25. The van der Waals surface area contributed by atoms with Gasteiger partial charge in [0.05, 0.1) is 10.9 Å². The van der Waals surface area contributed by atoms with Gasteiger partial charge in [0.25, 0.3) is 0 Å². The third-order valence-electron chi connectivity index (χ3n) is 2.15. The minimum absolute atomic E-state index is 0.389. The van der Waals surface area contributed by atoms with Gasteiger partial charge in [-0.05, 0) is 13.8 Å². The van der Waals surface area contributed by atoms with Crippen molar-refractivity contribution in [1.82, 2.24) is 4.31 Å². The molecule has 0 aliphatic carbocycles. The largest absolute Gasteiger partial charge is 0.400 e. The summed E-state index contributed by atoms with van der Waals surface area (Å²) in [6.45, 7) is 3.53. The van der Waals surface area contributed by atoms with Crippen LogP contribution in [0.15, 0.2) is 11.1 Å². The molecule has 1 aliphatic heterocycles. The van der Waals surface area contributed by atoms with E-state index in [0.29, 0.717) is 5.70 Å². The normalized spacial score (nSPS) is 28.5. The van der Waals surface area contributed by atoms with E-state index in [9.17, 15) is 8.42 Å². The minimum atomic E-state index is -3.24. The van der Waals surface area contributed by atoms with Crippen LogP contribution in [-0.4, -0.2) is 25.3 Å². The molecular weight excluding hydrogens is 164 g/mol. The van der Waals surface area contributed by atoms with Crippen LogP contribution in [0.4, 0.5) is 0 Å². The van der Waals surface area contributed by atoms with Crippen molar-refractivity contribution in [2.24, 2.45) is 5.73 Å². The summed E-state index contributed by atoms with van der Waals surface area (Å²) in [7, 11) is -1.72. The molecular formula is C6H12N2O2S. The molecule has 0 spiro atoms. The fraction of sp³-hybridized carbons (Fsp3) is 0.667. The maximum absolute atomic E-state index is 11.2. The standard InChI is InChI=1S/C6H12N2O2S/c1-6(2)5(7)4-11(9,10)8(6)3/h4H,7H2,1-3H3. The Morgan fingerprint density at radius 1 is 1.55 bits per heavy atom. The molecule has 1 rings (SSSR count). The van der Waals surface area contributed by atoms with Crippen LogP contribution in [0.1, 0.15) is 13.8 Å². The number of hydrogen-bond donors (Lipinski definition) is 1. The zero-order chi connectivity index (χ0) is 8.86. The lowest BCUT2D eigenvalue weighted by Gasteiger charge is -2.27. The van der Waals surface area contributed by atoms with Gasteiger partial charge in [-0.1, -0.05) is 0 Å². The van der Waals surface area contributed by atoms with E-state index in [1.807, 2.05) is 0 Å². The maximum Gasteiger partial charge on any atom is 0.238 e. The molecule has 0 aromatic heterocycles. The number of nitrogens with two attached hydrogens (primary N) is 1. The van der Waals surface area contributed by atoms with Gasteiger partial charge >= 0.3 is 0 Å². The molecule has 0 bridgehead atoms. The fourth-order valence-electron chi connectivity index (χ4n) is 0.884. The summed E-state index contributed by atoms with van der Waals surface area (Å²) in [4.78, 5) is 0. The molecule has 11 heavy (non-hydrogen) atoms. The molecule has 0 unspecified atom stereocenters. The molecule has 0 amide bonds. The third kappa shape index (κ3) is 1.04. The molecule has 1 aliphatic rings. The van der Waals surface area contributed by atoms with Gasteiger partial charge in [-0.15, -0.1) is 0 Å². The molecule has 0 saturated carbocycles. The van der Waals surface area contributed by atoms with Crippen LogP contribution in [0.25, 0.3) is 0 Å². The highest BCUT2D eigenvalue weighted by Crippen LogP contribution is 2.29. The summed E-state index contributed by atoms with van der Waals surface area (Å²) in [6, 6.07) is 0. The number of hydrogen-bond acceptors (Lipinski definition) is 3. The summed E-state index contributed by atoms with van der Waals surface area (Å²) in [6.07, 6.45) is 0. The van der Waals surface area contributed by atoms with Gasteiger partial charge in [-0.25, -0.2) is 8.42 Å². The number of sulfonamides is 1. The maximum atomic E-state index is 11.2. The van der Waals surface area contributed by atoms with Crippen LogP contribution in [0.2, 0.25) is 0 Å². The van der Waals surface area contributed by atoms with E-state index in [0.717, 1.165) is 5.41 Å². The predicted octanol–water partition coefficient (Wildman–Crippen LogP) is -0.160.